The molecule has 27 heavy (non-hydrogen) atoms. The first-order valence-corrected chi connectivity index (χ1v) is 8.87. The van der Waals surface area contributed by atoms with Crippen LogP contribution in [0.25, 0.3) is 0 Å². The number of amides is 1. The summed E-state index contributed by atoms with van der Waals surface area (Å²) in [5, 5.41) is 11.8. The quantitative estimate of drug-likeness (QED) is 0.574. The number of aryl methyl sites for hydroxylation is 2. The number of ketones is 1. The van der Waals surface area contributed by atoms with Crippen molar-refractivity contribution in [1.29, 1.82) is 0 Å². The summed E-state index contributed by atoms with van der Waals surface area (Å²) < 4.78 is 5.00. The Morgan fingerprint density at radius 3 is 2.48 bits per heavy atom. The van der Waals surface area contributed by atoms with E-state index < -0.39 is 31.1 Å². The minimum Gasteiger partial charge on any atom is -0.456 e. The summed E-state index contributed by atoms with van der Waals surface area (Å²) in [5.41, 5.74) is 3.28. The average molecular weight is 367 g/mol. The molecule has 0 bridgehead atoms. The van der Waals surface area contributed by atoms with Crippen LogP contribution in [-0.2, 0) is 22.4 Å². The smallest absolute Gasteiger partial charge is 0.331 e. The lowest BCUT2D eigenvalue weighted by Gasteiger charge is -2.15. The topological polar surface area (TPSA) is 92.7 Å². The Labute approximate surface area is 157 Å². The fourth-order valence-corrected chi connectivity index (χ4v) is 3.08. The maximum Gasteiger partial charge on any atom is 0.331 e. The number of Topliss-reactive ketones (excluding diaryl/α,β-unsaturated/α-hetero) is 1. The maximum atomic E-state index is 12.3. The zero-order chi connectivity index (χ0) is 19.2. The lowest BCUT2D eigenvalue weighted by molar-refractivity contribution is -0.145. The number of benzene rings is 2. The van der Waals surface area contributed by atoms with Crippen molar-refractivity contribution >= 4 is 17.7 Å². The van der Waals surface area contributed by atoms with Crippen LogP contribution in [-0.4, -0.2) is 42.0 Å². The van der Waals surface area contributed by atoms with E-state index in [1.54, 1.807) is 36.4 Å². The molecule has 1 atom stereocenters. The summed E-state index contributed by atoms with van der Waals surface area (Å²) in [4.78, 5) is 36.5. The van der Waals surface area contributed by atoms with Crippen LogP contribution in [0.2, 0.25) is 0 Å². The number of nitrogens with one attached hydrogen (secondary N) is 1. The van der Waals surface area contributed by atoms with Gasteiger partial charge in [-0.3, -0.25) is 9.59 Å². The van der Waals surface area contributed by atoms with Gasteiger partial charge in [-0.25, -0.2) is 4.79 Å². The lowest BCUT2D eigenvalue weighted by atomic mass is 10.0. The van der Waals surface area contributed by atoms with Crippen LogP contribution in [0.3, 0.4) is 0 Å². The Hall–Kier alpha value is -2.99. The highest BCUT2D eigenvalue weighted by molar-refractivity contribution is 5.99. The van der Waals surface area contributed by atoms with Gasteiger partial charge in [-0.15, -0.1) is 0 Å². The lowest BCUT2D eigenvalue weighted by Crippen LogP contribution is -2.44. The molecule has 0 radical (unpaired) electrons. The predicted molar refractivity (Wildman–Crippen MR) is 98.5 cm³/mol. The summed E-state index contributed by atoms with van der Waals surface area (Å²) in [6, 6.07) is 12.6. The van der Waals surface area contributed by atoms with Crippen molar-refractivity contribution in [2.45, 2.75) is 25.3 Å². The number of aliphatic hydroxyl groups is 1. The van der Waals surface area contributed by atoms with Crippen molar-refractivity contribution in [3.8, 4) is 0 Å². The van der Waals surface area contributed by atoms with Crippen LogP contribution in [0.15, 0.2) is 48.5 Å². The molecular formula is C21H21NO5. The van der Waals surface area contributed by atoms with E-state index in [-0.39, 0.29) is 5.78 Å². The second-order valence-electron chi connectivity index (χ2n) is 6.44. The van der Waals surface area contributed by atoms with Gasteiger partial charge in [0, 0.05) is 11.1 Å². The third-order valence-corrected chi connectivity index (χ3v) is 4.57. The molecule has 0 saturated carbocycles. The molecule has 0 spiro atoms. The average Bonchev–Trinajstić information content (AvgIpc) is 3.18. The van der Waals surface area contributed by atoms with Gasteiger partial charge in [-0.2, -0.15) is 0 Å². The molecule has 2 aromatic carbocycles. The van der Waals surface area contributed by atoms with Crippen molar-refractivity contribution in [1.82, 2.24) is 5.32 Å². The van der Waals surface area contributed by atoms with E-state index in [9.17, 15) is 19.5 Å². The molecule has 0 fully saturated rings. The molecule has 140 valence electrons. The van der Waals surface area contributed by atoms with E-state index in [4.69, 9.17) is 4.74 Å². The molecule has 1 amide bonds. The molecule has 0 aromatic heterocycles. The Morgan fingerprint density at radius 2 is 1.74 bits per heavy atom. The Morgan fingerprint density at radius 1 is 1.00 bits per heavy atom. The first-order valence-electron chi connectivity index (χ1n) is 8.87. The summed E-state index contributed by atoms with van der Waals surface area (Å²) in [6.45, 7) is -1.06. The van der Waals surface area contributed by atoms with Gasteiger partial charge >= 0.3 is 5.97 Å². The minimum atomic E-state index is -1.23. The monoisotopic (exact) mass is 367 g/mol. The van der Waals surface area contributed by atoms with Gasteiger partial charge in [-0.05, 0) is 48.6 Å². The van der Waals surface area contributed by atoms with Gasteiger partial charge in [0.1, 0.15) is 0 Å². The number of carbonyl (C=O) groups excluding carboxylic acids is 3. The van der Waals surface area contributed by atoms with E-state index in [2.05, 4.69) is 5.32 Å². The first-order chi connectivity index (χ1) is 13.1. The van der Waals surface area contributed by atoms with Gasteiger partial charge in [0.25, 0.3) is 5.91 Å². The fraction of sp³-hybridized carbons (Fsp3) is 0.286. The van der Waals surface area contributed by atoms with Crippen molar-refractivity contribution in [2.75, 3.05) is 13.2 Å². The summed E-state index contributed by atoms with van der Waals surface area (Å²) in [7, 11) is 0. The minimum absolute atomic E-state index is 0.316. The molecule has 1 unspecified atom stereocenters. The fourth-order valence-electron chi connectivity index (χ4n) is 3.08. The second kappa shape index (κ2) is 8.60. The van der Waals surface area contributed by atoms with Gasteiger partial charge < -0.3 is 15.2 Å². The third kappa shape index (κ3) is 4.60. The second-order valence-corrected chi connectivity index (χ2v) is 6.44. The van der Waals surface area contributed by atoms with Crippen molar-refractivity contribution in [3.63, 3.8) is 0 Å². The number of aliphatic hydroxyl groups excluding tert-OH is 1. The molecule has 0 saturated heterocycles. The Bertz CT molecular complexity index is 847. The Kier molecular flexibility index (Phi) is 5.98. The van der Waals surface area contributed by atoms with Crippen molar-refractivity contribution in [2.24, 2.45) is 0 Å². The maximum absolute atomic E-state index is 12.3. The third-order valence-electron chi connectivity index (χ3n) is 4.57. The molecule has 6 nitrogen and oxygen atoms in total. The standard InChI is InChI=1S/C21H21NO5/c23-12-18(22-20(25)15-5-2-1-3-6-15)21(26)27-13-19(24)17-10-9-14-7-4-8-16(14)11-17/h1-3,5-6,9-11,18,23H,4,7-8,12-13H2,(H,22,25). The van der Waals surface area contributed by atoms with Crippen LogP contribution in [0.4, 0.5) is 0 Å². The predicted octanol–water partition coefficient (Wildman–Crippen LogP) is 1.69. The number of hydrogen-bond acceptors (Lipinski definition) is 5. The molecule has 0 heterocycles. The van der Waals surface area contributed by atoms with E-state index in [0.717, 1.165) is 24.8 Å². The SMILES string of the molecule is O=C(COC(=O)C(CO)NC(=O)c1ccccc1)c1ccc2c(c1)CCC2. The number of ether oxygens (including phenoxy) is 1. The summed E-state index contributed by atoms with van der Waals surface area (Å²) in [6.07, 6.45) is 3.06. The number of rotatable bonds is 7. The molecular weight excluding hydrogens is 346 g/mol. The normalized spacial score (nSPS) is 13.5. The first kappa shape index (κ1) is 18.8. The number of esters is 1. The van der Waals surface area contributed by atoms with E-state index >= 15 is 0 Å². The molecule has 2 aromatic rings. The highest BCUT2D eigenvalue weighted by Gasteiger charge is 2.23. The van der Waals surface area contributed by atoms with Crippen molar-refractivity contribution < 1.29 is 24.2 Å². The molecule has 0 aliphatic heterocycles. The largest absolute Gasteiger partial charge is 0.456 e. The van der Waals surface area contributed by atoms with E-state index in [1.807, 2.05) is 12.1 Å². The zero-order valence-electron chi connectivity index (χ0n) is 14.8. The molecule has 3 rings (SSSR count). The number of fused-ring (bicyclic) bond motifs is 1. The van der Waals surface area contributed by atoms with Crippen molar-refractivity contribution in [3.05, 3.63) is 70.8 Å². The van der Waals surface area contributed by atoms with E-state index in [1.165, 1.54) is 5.56 Å². The van der Waals surface area contributed by atoms with Crippen LogP contribution in [0, 0.1) is 0 Å². The van der Waals surface area contributed by atoms with Gasteiger partial charge in [0.15, 0.2) is 18.4 Å². The summed E-state index contributed by atoms with van der Waals surface area (Å²) in [5.74, 6) is -1.67. The van der Waals surface area contributed by atoms with Gasteiger partial charge in [0.2, 0.25) is 0 Å². The molecule has 1 aliphatic rings. The van der Waals surface area contributed by atoms with Gasteiger partial charge in [-0.1, -0.05) is 30.3 Å². The number of hydrogen-bond donors (Lipinski definition) is 2. The summed E-state index contributed by atoms with van der Waals surface area (Å²) >= 11 is 0. The Balaban J connectivity index is 1.55. The number of carbonyl (C=O) groups is 3. The van der Waals surface area contributed by atoms with Gasteiger partial charge in [0.05, 0.1) is 6.61 Å². The zero-order valence-corrected chi connectivity index (χ0v) is 14.8. The highest BCUT2D eigenvalue weighted by Crippen LogP contribution is 2.23. The van der Waals surface area contributed by atoms with E-state index in [0.29, 0.717) is 11.1 Å². The van der Waals surface area contributed by atoms with Crippen LogP contribution >= 0.6 is 0 Å². The molecule has 6 heteroatoms. The molecule has 1 aliphatic carbocycles. The van der Waals surface area contributed by atoms with Crippen LogP contribution in [0.1, 0.15) is 38.3 Å². The highest BCUT2D eigenvalue weighted by atomic mass is 16.5. The van der Waals surface area contributed by atoms with Crippen LogP contribution < -0.4 is 5.32 Å². The molecule has 2 N–H and O–H groups in total. The van der Waals surface area contributed by atoms with Crippen LogP contribution in [0.5, 0.6) is 0 Å².